The molecule has 0 fully saturated rings. The maximum atomic E-state index is 9.04. The molecule has 5 heteroatoms. The van der Waals surface area contributed by atoms with E-state index in [1.807, 2.05) is 30.3 Å². The Morgan fingerprint density at radius 2 is 2.04 bits per heavy atom. The lowest BCUT2D eigenvalue weighted by Crippen LogP contribution is -1.98. The second kappa shape index (κ2) is 5.94. The van der Waals surface area contributed by atoms with Crippen molar-refractivity contribution in [1.82, 2.24) is 20.2 Å². The number of nitrogens with zero attached hydrogens (tertiary/aromatic N) is 4. The lowest BCUT2D eigenvalue weighted by Gasteiger charge is -2.05. The SMILES string of the molecule is N#Cc1cccc(-c2ccnc(Cc3ccc4cn[nH]c4c3)n2)c1. The first kappa shape index (κ1) is 14.1. The van der Waals surface area contributed by atoms with Gasteiger partial charge in [-0.3, -0.25) is 5.10 Å². The Hall–Kier alpha value is -3.52. The van der Waals surface area contributed by atoms with Crippen LogP contribution in [0.4, 0.5) is 0 Å². The van der Waals surface area contributed by atoms with Crippen molar-refractivity contribution in [1.29, 1.82) is 5.26 Å². The summed E-state index contributed by atoms with van der Waals surface area (Å²) < 4.78 is 0. The molecule has 0 aliphatic carbocycles. The molecule has 0 radical (unpaired) electrons. The smallest absolute Gasteiger partial charge is 0.133 e. The Bertz CT molecular complexity index is 1060. The molecule has 0 aliphatic rings. The average molecular weight is 311 g/mol. The minimum Gasteiger partial charge on any atom is -0.278 e. The number of hydrogen-bond acceptors (Lipinski definition) is 4. The Balaban J connectivity index is 1.65. The van der Waals surface area contributed by atoms with E-state index in [-0.39, 0.29) is 0 Å². The molecular weight excluding hydrogens is 298 g/mol. The molecule has 2 heterocycles. The molecule has 0 saturated heterocycles. The average Bonchev–Trinajstić information content (AvgIpc) is 3.10. The maximum Gasteiger partial charge on any atom is 0.133 e. The second-order valence-electron chi connectivity index (χ2n) is 5.52. The van der Waals surface area contributed by atoms with Crippen molar-refractivity contribution in [2.45, 2.75) is 6.42 Å². The van der Waals surface area contributed by atoms with Crippen molar-refractivity contribution in [3.8, 4) is 17.3 Å². The van der Waals surface area contributed by atoms with Crippen LogP contribution in [0.1, 0.15) is 17.0 Å². The molecule has 114 valence electrons. The van der Waals surface area contributed by atoms with Crippen LogP contribution in [0, 0.1) is 11.3 Å². The standard InChI is InChI=1S/C19H13N5/c20-11-14-2-1-3-15(8-14)17-6-7-21-19(23-17)10-13-4-5-16-12-22-24-18(16)9-13/h1-9,12H,10H2,(H,22,24). The van der Waals surface area contributed by atoms with E-state index in [1.165, 1.54) is 0 Å². The van der Waals surface area contributed by atoms with Gasteiger partial charge in [-0.25, -0.2) is 9.97 Å². The Labute approximate surface area is 138 Å². The van der Waals surface area contributed by atoms with E-state index in [0.717, 1.165) is 33.5 Å². The van der Waals surface area contributed by atoms with Crippen LogP contribution in [0.25, 0.3) is 22.2 Å². The number of benzene rings is 2. The van der Waals surface area contributed by atoms with Gasteiger partial charge < -0.3 is 0 Å². The van der Waals surface area contributed by atoms with E-state index in [9.17, 15) is 0 Å². The summed E-state index contributed by atoms with van der Waals surface area (Å²) in [6.45, 7) is 0. The highest BCUT2D eigenvalue weighted by Crippen LogP contribution is 2.19. The zero-order valence-electron chi connectivity index (χ0n) is 12.8. The van der Waals surface area contributed by atoms with Gasteiger partial charge in [-0.1, -0.05) is 24.3 Å². The predicted molar refractivity (Wildman–Crippen MR) is 91.1 cm³/mol. The summed E-state index contributed by atoms with van der Waals surface area (Å²) in [5, 5.41) is 17.1. The van der Waals surface area contributed by atoms with Gasteiger partial charge >= 0.3 is 0 Å². The third-order valence-electron chi connectivity index (χ3n) is 3.86. The quantitative estimate of drug-likeness (QED) is 0.628. The molecule has 1 N–H and O–H groups in total. The van der Waals surface area contributed by atoms with Crippen LogP contribution in [0.5, 0.6) is 0 Å². The molecule has 2 aromatic heterocycles. The lowest BCUT2D eigenvalue weighted by molar-refractivity contribution is 0.972. The first-order valence-corrected chi connectivity index (χ1v) is 7.56. The van der Waals surface area contributed by atoms with Gasteiger partial charge in [0.25, 0.3) is 0 Å². The highest BCUT2D eigenvalue weighted by molar-refractivity contribution is 5.78. The van der Waals surface area contributed by atoms with Gasteiger partial charge in [0.05, 0.1) is 29.0 Å². The number of nitriles is 1. The van der Waals surface area contributed by atoms with E-state index in [0.29, 0.717) is 12.0 Å². The molecular formula is C19H13N5. The third kappa shape index (κ3) is 2.73. The molecule has 0 amide bonds. The van der Waals surface area contributed by atoms with Crippen LogP contribution in [-0.4, -0.2) is 20.2 Å². The van der Waals surface area contributed by atoms with Crippen molar-refractivity contribution in [2.75, 3.05) is 0 Å². The molecule has 0 unspecified atom stereocenters. The first-order valence-electron chi connectivity index (χ1n) is 7.56. The predicted octanol–water partition coefficient (Wildman–Crippen LogP) is 3.48. The second-order valence-corrected chi connectivity index (χ2v) is 5.52. The normalized spacial score (nSPS) is 10.6. The van der Waals surface area contributed by atoms with Crippen LogP contribution in [-0.2, 0) is 6.42 Å². The van der Waals surface area contributed by atoms with Crippen molar-refractivity contribution in [3.63, 3.8) is 0 Å². The summed E-state index contributed by atoms with van der Waals surface area (Å²) in [4.78, 5) is 9.00. The highest BCUT2D eigenvalue weighted by Gasteiger charge is 2.06. The highest BCUT2D eigenvalue weighted by atomic mass is 15.1. The number of rotatable bonds is 3. The zero-order valence-corrected chi connectivity index (χ0v) is 12.8. The molecule has 4 aromatic rings. The summed E-state index contributed by atoms with van der Waals surface area (Å²) in [7, 11) is 0. The Morgan fingerprint density at radius 1 is 1.08 bits per heavy atom. The van der Waals surface area contributed by atoms with Gasteiger partial charge in [-0.2, -0.15) is 10.4 Å². The number of hydrogen-bond donors (Lipinski definition) is 1. The third-order valence-corrected chi connectivity index (χ3v) is 3.86. The van der Waals surface area contributed by atoms with E-state index in [4.69, 9.17) is 5.26 Å². The molecule has 24 heavy (non-hydrogen) atoms. The molecule has 0 spiro atoms. The molecule has 0 aliphatic heterocycles. The van der Waals surface area contributed by atoms with Crippen molar-refractivity contribution < 1.29 is 0 Å². The van der Waals surface area contributed by atoms with Crippen LogP contribution in [0.2, 0.25) is 0 Å². The summed E-state index contributed by atoms with van der Waals surface area (Å²) in [6.07, 6.45) is 4.20. The van der Waals surface area contributed by atoms with Crippen molar-refractivity contribution in [2.24, 2.45) is 0 Å². The van der Waals surface area contributed by atoms with Crippen molar-refractivity contribution >= 4 is 10.9 Å². The van der Waals surface area contributed by atoms with Crippen LogP contribution in [0.3, 0.4) is 0 Å². The fourth-order valence-corrected chi connectivity index (χ4v) is 2.67. The fourth-order valence-electron chi connectivity index (χ4n) is 2.67. The number of nitrogens with one attached hydrogen (secondary N) is 1. The van der Waals surface area contributed by atoms with Gasteiger partial charge in [0.15, 0.2) is 0 Å². The minimum atomic E-state index is 0.623. The number of aromatic nitrogens is 4. The summed E-state index contributed by atoms with van der Waals surface area (Å²) >= 11 is 0. The van der Waals surface area contributed by atoms with Gasteiger partial charge in [-0.05, 0) is 29.8 Å². The van der Waals surface area contributed by atoms with Crippen molar-refractivity contribution in [3.05, 3.63) is 77.9 Å². The van der Waals surface area contributed by atoms with E-state index >= 15 is 0 Å². The van der Waals surface area contributed by atoms with E-state index in [2.05, 4.69) is 38.4 Å². The van der Waals surface area contributed by atoms with E-state index < -0.39 is 0 Å². The monoisotopic (exact) mass is 311 g/mol. The molecule has 0 saturated carbocycles. The molecule has 0 bridgehead atoms. The molecule has 5 nitrogen and oxygen atoms in total. The molecule has 0 atom stereocenters. The Kier molecular flexibility index (Phi) is 3.49. The van der Waals surface area contributed by atoms with Gasteiger partial charge in [-0.15, -0.1) is 0 Å². The van der Waals surface area contributed by atoms with Crippen LogP contribution >= 0.6 is 0 Å². The summed E-state index contributed by atoms with van der Waals surface area (Å²) in [6, 6.07) is 17.6. The largest absolute Gasteiger partial charge is 0.278 e. The van der Waals surface area contributed by atoms with Crippen LogP contribution in [0.15, 0.2) is 60.9 Å². The maximum absolute atomic E-state index is 9.04. The van der Waals surface area contributed by atoms with Gasteiger partial charge in [0.2, 0.25) is 0 Å². The first-order chi connectivity index (χ1) is 11.8. The summed E-state index contributed by atoms with van der Waals surface area (Å²) in [5.74, 6) is 0.744. The number of H-pyrrole nitrogens is 1. The van der Waals surface area contributed by atoms with E-state index in [1.54, 1.807) is 18.5 Å². The topological polar surface area (TPSA) is 78.2 Å². The van der Waals surface area contributed by atoms with Gasteiger partial charge in [0.1, 0.15) is 5.82 Å². The molecule has 4 rings (SSSR count). The zero-order chi connectivity index (χ0) is 16.4. The fraction of sp³-hybridized carbons (Fsp3) is 0.0526. The molecule has 2 aromatic carbocycles. The Morgan fingerprint density at radius 3 is 2.96 bits per heavy atom. The number of fused-ring (bicyclic) bond motifs is 1. The van der Waals surface area contributed by atoms with Gasteiger partial charge in [0, 0.05) is 23.6 Å². The number of aromatic amines is 1. The minimum absolute atomic E-state index is 0.623. The lowest BCUT2D eigenvalue weighted by atomic mass is 10.1. The van der Waals surface area contributed by atoms with Crippen LogP contribution < -0.4 is 0 Å². The summed E-state index contributed by atoms with van der Waals surface area (Å²) in [5.41, 5.74) is 4.49.